The first-order valence-corrected chi connectivity index (χ1v) is 3.36. The van der Waals surface area contributed by atoms with Crippen LogP contribution in [0, 0.1) is 6.92 Å². The maximum Gasteiger partial charge on any atom is 0.158 e. The number of hydrogen-bond donors (Lipinski definition) is 0. The lowest BCUT2D eigenvalue weighted by molar-refractivity contribution is -0.111. The molecular weight excluding hydrogens is 112 g/mol. The maximum absolute atomic E-state index is 10.6. The number of carbonyl (C=O) groups excluding carboxylic acids is 1. The SMILES string of the molecule is [CH2]C(=O)C1=CCCCC1. The number of rotatable bonds is 1. The first-order valence-electron chi connectivity index (χ1n) is 3.36. The minimum Gasteiger partial charge on any atom is -0.295 e. The molecule has 0 spiro atoms. The second kappa shape index (κ2) is 2.81. The Morgan fingerprint density at radius 2 is 2.33 bits per heavy atom. The molecule has 0 heterocycles. The predicted octanol–water partition coefficient (Wildman–Crippen LogP) is 1.89. The Hall–Kier alpha value is -0.590. The molecule has 0 aliphatic heterocycles. The Bertz CT molecular complexity index is 145. The van der Waals surface area contributed by atoms with Gasteiger partial charge in [0.25, 0.3) is 0 Å². The largest absolute Gasteiger partial charge is 0.295 e. The van der Waals surface area contributed by atoms with E-state index in [0.29, 0.717) is 0 Å². The van der Waals surface area contributed by atoms with Crippen molar-refractivity contribution in [3.05, 3.63) is 18.6 Å². The van der Waals surface area contributed by atoms with Gasteiger partial charge >= 0.3 is 0 Å². The zero-order chi connectivity index (χ0) is 6.69. The average Bonchev–Trinajstić information content (AvgIpc) is 1.90. The van der Waals surface area contributed by atoms with Crippen molar-refractivity contribution in [3.63, 3.8) is 0 Å². The normalized spacial score (nSPS) is 19.0. The highest BCUT2D eigenvalue weighted by Crippen LogP contribution is 2.17. The number of allylic oxidation sites excluding steroid dienone is 2. The highest BCUT2D eigenvalue weighted by molar-refractivity contribution is 5.98. The molecule has 0 aromatic heterocycles. The molecule has 1 nitrogen and oxygen atoms in total. The van der Waals surface area contributed by atoms with Crippen molar-refractivity contribution < 1.29 is 4.79 Å². The van der Waals surface area contributed by atoms with E-state index in [0.717, 1.165) is 24.8 Å². The van der Waals surface area contributed by atoms with Gasteiger partial charge in [0, 0.05) is 6.92 Å². The quantitative estimate of drug-likeness (QED) is 0.520. The number of ketones is 1. The van der Waals surface area contributed by atoms with E-state index in [4.69, 9.17) is 0 Å². The monoisotopic (exact) mass is 123 g/mol. The van der Waals surface area contributed by atoms with Crippen molar-refractivity contribution in [3.8, 4) is 0 Å². The van der Waals surface area contributed by atoms with Crippen LogP contribution in [0.3, 0.4) is 0 Å². The van der Waals surface area contributed by atoms with Gasteiger partial charge in [-0.05, 0) is 31.3 Å². The standard InChI is InChI=1S/C8H11O/c1-7(9)8-5-3-2-4-6-8/h5H,1-4,6H2. The van der Waals surface area contributed by atoms with Crippen LogP contribution in [0.2, 0.25) is 0 Å². The van der Waals surface area contributed by atoms with E-state index >= 15 is 0 Å². The minimum absolute atomic E-state index is 0.00898. The van der Waals surface area contributed by atoms with Gasteiger partial charge in [0.2, 0.25) is 0 Å². The van der Waals surface area contributed by atoms with Crippen LogP contribution in [-0.4, -0.2) is 5.78 Å². The first kappa shape index (κ1) is 6.53. The molecule has 1 radical (unpaired) electrons. The van der Waals surface area contributed by atoms with Crippen molar-refractivity contribution >= 4 is 5.78 Å². The van der Waals surface area contributed by atoms with Crippen LogP contribution in [0.4, 0.5) is 0 Å². The zero-order valence-corrected chi connectivity index (χ0v) is 5.52. The predicted molar refractivity (Wildman–Crippen MR) is 36.9 cm³/mol. The van der Waals surface area contributed by atoms with Crippen LogP contribution in [0.5, 0.6) is 0 Å². The average molecular weight is 123 g/mol. The molecule has 0 unspecified atom stereocenters. The van der Waals surface area contributed by atoms with Gasteiger partial charge in [-0.1, -0.05) is 6.08 Å². The minimum atomic E-state index is 0.00898. The van der Waals surface area contributed by atoms with Gasteiger partial charge in [0.05, 0.1) is 0 Å². The molecule has 0 saturated carbocycles. The van der Waals surface area contributed by atoms with Crippen molar-refractivity contribution in [1.82, 2.24) is 0 Å². The van der Waals surface area contributed by atoms with Crippen LogP contribution < -0.4 is 0 Å². The molecule has 0 aromatic rings. The van der Waals surface area contributed by atoms with E-state index in [-0.39, 0.29) is 5.78 Å². The Balaban J connectivity index is 2.57. The van der Waals surface area contributed by atoms with Crippen LogP contribution in [0.1, 0.15) is 25.7 Å². The van der Waals surface area contributed by atoms with Crippen LogP contribution in [0.15, 0.2) is 11.6 Å². The van der Waals surface area contributed by atoms with Crippen molar-refractivity contribution in [1.29, 1.82) is 0 Å². The van der Waals surface area contributed by atoms with E-state index in [1.165, 1.54) is 6.42 Å². The van der Waals surface area contributed by atoms with E-state index < -0.39 is 0 Å². The summed E-state index contributed by atoms with van der Waals surface area (Å²) in [5.74, 6) is 0.00898. The van der Waals surface area contributed by atoms with Gasteiger partial charge in [0.1, 0.15) is 0 Å². The van der Waals surface area contributed by atoms with Crippen LogP contribution >= 0.6 is 0 Å². The molecule has 0 bridgehead atoms. The van der Waals surface area contributed by atoms with Gasteiger partial charge in [-0.2, -0.15) is 0 Å². The Morgan fingerprint density at radius 3 is 2.67 bits per heavy atom. The fourth-order valence-corrected chi connectivity index (χ4v) is 1.09. The third-order valence-electron chi connectivity index (χ3n) is 1.65. The highest BCUT2D eigenvalue weighted by atomic mass is 16.1. The fourth-order valence-electron chi connectivity index (χ4n) is 1.09. The summed E-state index contributed by atoms with van der Waals surface area (Å²) in [4.78, 5) is 10.6. The molecule has 0 N–H and O–H groups in total. The Kier molecular flexibility index (Phi) is 2.04. The van der Waals surface area contributed by atoms with Crippen molar-refractivity contribution in [2.75, 3.05) is 0 Å². The summed E-state index contributed by atoms with van der Waals surface area (Å²) >= 11 is 0. The molecule has 1 rings (SSSR count). The lowest BCUT2D eigenvalue weighted by atomic mass is 9.97. The summed E-state index contributed by atoms with van der Waals surface area (Å²) in [6, 6.07) is 0. The number of carbonyl (C=O) groups is 1. The summed E-state index contributed by atoms with van der Waals surface area (Å²) in [5, 5.41) is 0. The third-order valence-corrected chi connectivity index (χ3v) is 1.65. The van der Waals surface area contributed by atoms with Crippen molar-refractivity contribution in [2.45, 2.75) is 25.7 Å². The van der Waals surface area contributed by atoms with Gasteiger partial charge in [-0.15, -0.1) is 0 Å². The lowest BCUT2D eigenvalue weighted by Crippen LogP contribution is -2.00. The number of Topliss-reactive ketones (excluding diaryl/α,β-unsaturated/α-hetero) is 1. The molecule has 0 atom stereocenters. The lowest BCUT2D eigenvalue weighted by Gasteiger charge is -2.07. The van der Waals surface area contributed by atoms with Gasteiger partial charge in [-0.25, -0.2) is 0 Å². The van der Waals surface area contributed by atoms with Gasteiger partial charge in [-0.3, -0.25) is 4.79 Å². The zero-order valence-electron chi connectivity index (χ0n) is 5.52. The van der Waals surface area contributed by atoms with Gasteiger partial charge < -0.3 is 0 Å². The van der Waals surface area contributed by atoms with Gasteiger partial charge in [0.15, 0.2) is 5.78 Å². The fraction of sp³-hybridized carbons (Fsp3) is 0.500. The molecule has 1 heteroatoms. The molecule has 0 fully saturated rings. The second-order valence-electron chi connectivity index (χ2n) is 2.40. The van der Waals surface area contributed by atoms with Crippen molar-refractivity contribution in [2.24, 2.45) is 0 Å². The summed E-state index contributed by atoms with van der Waals surface area (Å²) in [7, 11) is 0. The maximum atomic E-state index is 10.6. The third kappa shape index (κ3) is 1.67. The molecule has 49 valence electrons. The molecule has 1 aliphatic carbocycles. The summed E-state index contributed by atoms with van der Waals surface area (Å²) in [5.41, 5.74) is 0.932. The number of hydrogen-bond acceptors (Lipinski definition) is 1. The van der Waals surface area contributed by atoms with Crippen LogP contribution in [-0.2, 0) is 4.79 Å². The molecule has 9 heavy (non-hydrogen) atoms. The molecule has 0 aromatic carbocycles. The molecule has 0 amide bonds. The first-order chi connectivity index (χ1) is 4.30. The second-order valence-corrected chi connectivity index (χ2v) is 2.40. The molecule has 1 aliphatic rings. The Labute approximate surface area is 55.8 Å². The van der Waals surface area contributed by atoms with E-state index in [9.17, 15) is 4.79 Å². The molecular formula is C8H11O. The van der Waals surface area contributed by atoms with E-state index in [1.807, 2.05) is 6.08 Å². The summed E-state index contributed by atoms with van der Waals surface area (Å²) in [6.07, 6.45) is 6.42. The highest BCUT2D eigenvalue weighted by Gasteiger charge is 2.06. The summed E-state index contributed by atoms with van der Waals surface area (Å²) < 4.78 is 0. The van der Waals surface area contributed by atoms with E-state index in [2.05, 4.69) is 6.92 Å². The van der Waals surface area contributed by atoms with E-state index in [1.54, 1.807) is 0 Å². The molecule has 0 saturated heterocycles. The summed E-state index contributed by atoms with van der Waals surface area (Å²) in [6.45, 7) is 3.35. The smallest absolute Gasteiger partial charge is 0.158 e. The Morgan fingerprint density at radius 1 is 1.56 bits per heavy atom. The topological polar surface area (TPSA) is 17.1 Å². The van der Waals surface area contributed by atoms with Crippen LogP contribution in [0.25, 0.3) is 0 Å².